The highest BCUT2D eigenvalue weighted by Gasteiger charge is 2.19. The number of nitrogens with zero attached hydrogens (tertiary/aromatic N) is 2. The number of nitrogens with one attached hydrogen (secondary N) is 1. The fraction of sp³-hybridized carbons (Fsp3) is 0.100. The van der Waals surface area contributed by atoms with E-state index in [0.29, 0.717) is 29.5 Å². The number of halogens is 1. The van der Waals surface area contributed by atoms with Crippen molar-refractivity contribution in [1.29, 1.82) is 0 Å². The Morgan fingerprint density at radius 3 is 2.65 bits per heavy atom. The Balaban J connectivity index is 1.76. The van der Waals surface area contributed by atoms with E-state index in [9.17, 15) is 4.79 Å². The minimum Gasteiger partial charge on any atom is -0.342 e. The molecule has 0 saturated heterocycles. The number of imidazole rings is 1. The van der Waals surface area contributed by atoms with Gasteiger partial charge >= 0.3 is 0 Å². The van der Waals surface area contributed by atoms with Gasteiger partial charge in [-0.2, -0.15) is 0 Å². The molecule has 0 spiro atoms. The first-order chi connectivity index (χ1) is 12.7. The topological polar surface area (TPSA) is 76.7 Å². The lowest BCUT2D eigenvalue weighted by Crippen LogP contribution is -2.04. The number of rotatable bonds is 5. The van der Waals surface area contributed by atoms with E-state index in [2.05, 4.69) is 14.5 Å². The van der Waals surface area contributed by atoms with Crippen LogP contribution in [-0.2, 0) is 13.1 Å². The highest BCUT2D eigenvalue weighted by Crippen LogP contribution is 2.24. The summed E-state index contributed by atoms with van der Waals surface area (Å²) in [5, 5.41) is 1.60. The van der Waals surface area contributed by atoms with Crippen molar-refractivity contribution < 1.29 is 4.79 Å². The minimum absolute atomic E-state index is 0.143. The van der Waals surface area contributed by atoms with Gasteiger partial charge in [-0.1, -0.05) is 41.9 Å². The molecule has 0 aliphatic carbocycles. The molecule has 26 heavy (non-hydrogen) atoms. The number of H-pyrrole nitrogens is 1. The molecule has 2 heterocycles. The summed E-state index contributed by atoms with van der Waals surface area (Å²) < 4.78 is 2.07. The Bertz CT molecular complexity index is 1080. The van der Waals surface area contributed by atoms with Crippen LogP contribution in [0.2, 0.25) is 5.02 Å². The van der Waals surface area contributed by atoms with Gasteiger partial charge in [-0.15, -0.1) is 0 Å². The molecule has 2 aromatic carbocycles. The van der Waals surface area contributed by atoms with Gasteiger partial charge in [0, 0.05) is 40.9 Å². The molecule has 0 aliphatic rings. The van der Waals surface area contributed by atoms with Gasteiger partial charge in [-0.3, -0.25) is 4.79 Å². The van der Waals surface area contributed by atoms with E-state index in [4.69, 9.17) is 17.3 Å². The van der Waals surface area contributed by atoms with Crippen LogP contribution < -0.4 is 5.73 Å². The zero-order valence-electron chi connectivity index (χ0n) is 13.9. The van der Waals surface area contributed by atoms with Crippen molar-refractivity contribution in [3.63, 3.8) is 0 Å². The lowest BCUT2D eigenvalue weighted by atomic mass is 10.1. The van der Waals surface area contributed by atoms with E-state index in [0.717, 1.165) is 22.2 Å². The molecule has 4 rings (SSSR count). The van der Waals surface area contributed by atoms with Crippen molar-refractivity contribution in [2.75, 3.05) is 0 Å². The SMILES string of the molecule is NCc1cnc(C(=O)c2cn(Cc3ccc(Cl)cc3)c3ccccc23)[nH]1. The zero-order chi connectivity index (χ0) is 18.1. The number of aromatic amines is 1. The summed E-state index contributed by atoms with van der Waals surface area (Å²) in [7, 11) is 0. The number of para-hydroxylation sites is 1. The molecule has 0 unspecified atom stereocenters. The number of ketones is 1. The number of benzene rings is 2. The van der Waals surface area contributed by atoms with Gasteiger partial charge in [0.1, 0.15) is 0 Å². The highest BCUT2D eigenvalue weighted by atomic mass is 35.5. The zero-order valence-corrected chi connectivity index (χ0v) is 14.7. The van der Waals surface area contributed by atoms with Crippen LogP contribution in [0.5, 0.6) is 0 Å². The maximum atomic E-state index is 12.9. The third kappa shape index (κ3) is 3.03. The molecule has 0 fully saturated rings. The van der Waals surface area contributed by atoms with Gasteiger partial charge in [0.15, 0.2) is 5.82 Å². The van der Waals surface area contributed by atoms with Crippen LogP contribution in [0.1, 0.15) is 27.4 Å². The number of carbonyl (C=O) groups is 1. The van der Waals surface area contributed by atoms with Crippen molar-refractivity contribution in [1.82, 2.24) is 14.5 Å². The van der Waals surface area contributed by atoms with E-state index in [-0.39, 0.29) is 5.78 Å². The third-order valence-corrected chi connectivity index (χ3v) is 4.61. The summed E-state index contributed by atoms with van der Waals surface area (Å²) >= 11 is 5.97. The summed E-state index contributed by atoms with van der Waals surface area (Å²) in [6, 6.07) is 15.6. The Morgan fingerprint density at radius 2 is 1.92 bits per heavy atom. The summed E-state index contributed by atoms with van der Waals surface area (Å²) in [6.45, 7) is 0.968. The molecule has 6 heteroatoms. The normalized spacial score (nSPS) is 11.2. The van der Waals surface area contributed by atoms with E-state index in [1.165, 1.54) is 0 Å². The molecular formula is C20H17ClN4O. The maximum Gasteiger partial charge on any atom is 0.230 e. The number of carbonyl (C=O) groups excluding carboxylic acids is 1. The van der Waals surface area contributed by atoms with Crippen LogP contribution in [0.15, 0.2) is 60.9 Å². The average molecular weight is 365 g/mol. The molecular weight excluding hydrogens is 348 g/mol. The third-order valence-electron chi connectivity index (χ3n) is 4.36. The standard InChI is InChI=1S/C20H17ClN4O/c21-14-7-5-13(6-8-14)11-25-12-17(16-3-1-2-4-18(16)25)19(26)20-23-10-15(9-22)24-20/h1-8,10,12H,9,11,22H2,(H,23,24). The molecule has 0 bridgehead atoms. The van der Waals surface area contributed by atoms with Gasteiger partial charge < -0.3 is 15.3 Å². The van der Waals surface area contributed by atoms with Crippen molar-refractivity contribution in [3.05, 3.63) is 88.6 Å². The van der Waals surface area contributed by atoms with Crippen LogP contribution in [0.3, 0.4) is 0 Å². The van der Waals surface area contributed by atoms with Crippen LogP contribution >= 0.6 is 11.6 Å². The van der Waals surface area contributed by atoms with Crippen LogP contribution in [0.4, 0.5) is 0 Å². The molecule has 4 aromatic rings. The Morgan fingerprint density at radius 1 is 1.15 bits per heavy atom. The lowest BCUT2D eigenvalue weighted by Gasteiger charge is -2.05. The summed E-state index contributed by atoms with van der Waals surface area (Å²) in [5.74, 6) is 0.163. The molecule has 0 amide bonds. The molecule has 0 saturated carbocycles. The smallest absolute Gasteiger partial charge is 0.230 e. The Kier molecular flexibility index (Phi) is 4.32. The van der Waals surface area contributed by atoms with Gasteiger partial charge in [-0.25, -0.2) is 4.98 Å². The number of hydrogen-bond acceptors (Lipinski definition) is 3. The highest BCUT2D eigenvalue weighted by molar-refractivity contribution is 6.30. The van der Waals surface area contributed by atoms with Crippen molar-refractivity contribution in [3.8, 4) is 0 Å². The van der Waals surface area contributed by atoms with Crippen molar-refractivity contribution >= 4 is 28.3 Å². The second-order valence-electron chi connectivity index (χ2n) is 6.10. The molecule has 0 radical (unpaired) electrons. The predicted octanol–water partition coefficient (Wildman–Crippen LogP) is 3.76. The van der Waals surface area contributed by atoms with Crippen LogP contribution in [0, 0.1) is 0 Å². The molecule has 0 atom stereocenters. The second kappa shape index (κ2) is 6.78. The Hall–Kier alpha value is -2.89. The number of nitrogens with two attached hydrogens (primary N) is 1. The lowest BCUT2D eigenvalue weighted by molar-refractivity contribution is 0.103. The van der Waals surface area contributed by atoms with E-state index >= 15 is 0 Å². The molecule has 5 nitrogen and oxygen atoms in total. The molecule has 3 N–H and O–H groups in total. The summed E-state index contributed by atoms with van der Waals surface area (Å²) in [5.41, 5.74) is 9.06. The van der Waals surface area contributed by atoms with Crippen LogP contribution in [0.25, 0.3) is 10.9 Å². The number of hydrogen-bond donors (Lipinski definition) is 2. The van der Waals surface area contributed by atoms with Gasteiger partial charge in [0.25, 0.3) is 0 Å². The van der Waals surface area contributed by atoms with E-state index in [1.807, 2.05) is 54.7 Å². The van der Waals surface area contributed by atoms with Gasteiger partial charge in [0.2, 0.25) is 5.78 Å². The van der Waals surface area contributed by atoms with Gasteiger partial charge in [0.05, 0.1) is 11.8 Å². The summed E-state index contributed by atoms with van der Waals surface area (Å²) in [4.78, 5) is 20.1. The monoisotopic (exact) mass is 364 g/mol. The van der Waals surface area contributed by atoms with E-state index < -0.39 is 0 Å². The molecule has 130 valence electrons. The minimum atomic E-state index is -0.143. The number of aromatic nitrogens is 3. The van der Waals surface area contributed by atoms with E-state index in [1.54, 1.807) is 6.20 Å². The first kappa shape index (κ1) is 16.6. The molecule has 0 aliphatic heterocycles. The quantitative estimate of drug-likeness (QED) is 0.529. The molecule has 2 aromatic heterocycles. The largest absolute Gasteiger partial charge is 0.342 e. The predicted molar refractivity (Wildman–Crippen MR) is 102 cm³/mol. The first-order valence-electron chi connectivity index (χ1n) is 8.26. The van der Waals surface area contributed by atoms with Gasteiger partial charge in [-0.05, 0) is 23.8 Å². The Labute approximate surface area is 155 Å². The fourth-order valence-electron chi connectivity index (χ4n) is 3.05. The van der Waals surface area contributed by atoms with Crippen molar-refractivity contribution in [2.45, 2.75) is 13.1 Å². The van der Waals surface area contributed by atoms with Crippen LogP contribution in [-0.4, -0.2) is 20.3 Å². The summed E-state index contributed by atoms with van der Waals surface area (Å²) in [6.07, 6.45) is 3.48. The average Bonchev–Trinajstić information content (AvgIpc) is 3.28. The first-order valence-corrected chi connectivity index (χ1v) is 8.64. The van der Waals surface area contributed by atoms with Crippen molar-refractivity contribution in [2.24, 2.45) is 5.73 Å². The maximum absolute atomic E-state index is 12.9. The number of fused-ring (bicyclic) bond motifs is 1. The fourth-order valence-corrected chi connectivity index (χ4v) is 3.18. The second-order valence-corrected chi connectivity index (χ2v) is 6.54.